The highest BCUT2D eigenvalue weighted by Crippen LogP contribution is 2.29. The quantitative estimate of drug-likeness (QED) is 0.859. The Morgan fingerprint density at radius 2 is 1.90 bits per heavy atom. The van der Waals surface area contributed by atoms with E-state index in [0.29, 0.717) is 5.75 Å². The Hall–Kier alpha value is -2.07. The largest absolute Gasteiger partial charge is 0.492 e. The van der Waals surface area contributed by atoms with Crippen molar-refractivity contribution >= 4 is 16.7 Å². The number of methoxy groups -OCH3 is 1. The highest BCUT2D eigenvalue weighted by Gasteiger charge is 2.30. The molecule has 0 atom stereocenters. The lowest BCUT2D eigenvalue weighted by Gasteiger charge is -2.22. The van der Waals surface area contributed by atoms with Crippen LogP contribution in [-0.2, 0) is 16.1 Å². The van der Waals surface area contributed by atoms with Gasteiger partial charge >= 0.3 is 5.97 Å². The van der Waals surface area contributed by atoms with Gasteiger partial charge in [-0.05, 0) is 30.7 Å². The van der Waals surface area contributed by atoms with E-state index in [2.05, 4.69) is 0 Å². The number of rotatable bonds is 5. The van der Waals surface area contributed by atoms with Crippen LogP contribution in [0.2, 0.25) is 0 Å². The van der Waals surface area contributed by atoms with Gasteiger partial charge in [0.1, 0.15) is 12.4 Å². The molecule has 112 valence electrons. The number of hydrogen-bond acceptors (Lipinski definition) is 4. The van der Waals surface area contributed by atoms with Crippen LogP contribution in [0.1, 0.15) is 19.4 Å². The van der Waals surface area contributed by atoms with Crippen molar-refractivity contribution in [2.45, 2.75) is 20.5 Å². The molecular formula is C17H20O4. The summed E-state index contributed by atoms with van der Waals surface area (Å²) >= 11 is 0. The predicted molar refractivity (Wildman–Crippen MR) is 81.2 cm³/mol. The average molecular weight is 288 g/mol. The molecule has 2 aromatic carbocycles. The van der Waals surface area contributed by atoms with Crippen LogP contribution in [0.3, 0.4) is 0 Å². The number of carbonyl (C=O) groups is 1. The minimum absolute atomic E-state index is 0.116. The summed E-state index contributed by atoms with van der Waals surface area (Å²) in [4.78, 5) is 11.7. The van der Waals surface area contributed by atoms with E-state index in [-0.39, 0.29) is 19.2 Å². The van der Waals surface area contributed by atoms with E-state index in [1.54, 1.807) is 13.8 Å². The van der Waals surface area contributed by atoms with E-state index in [0.717, 1.165) is 16.3 Å². The molecule has 0 spiro atoms. The minimum atomic E-state index is -0.743. The van der Waals surface area contributed by atoms with Gasteiger partial charge in [0.25, 0.3) is 0 Å². The van der Waals surface area contributed by atoms with Crippen molar-refractivity contribution in [3.05, 3.63) is 42.0 Å². The molecule has 0 saturated carbocycles. The van der Waals surface area contributed by atoms with Gasteiger partial charge in [-0.2, -0.15) is 0 Å². The summed E-state index contributed by atoms with van der Waals surface area (Å²) in [5, 5.41) is 11.6. The predicted octanol–water partition coefficient (Wildman–Crippen LogP) is 2.91. The van der Waals surface area contributed by atoms with Crippen LogP contribution in [-0.4, -0.2) is 24.8 Å². The Balaban J connectivity index is 2.29. The van der Waals surface area contributed by atoms with Gasteiger partial charge in [-0.3, -0.25) is 4.79 Å². The second-order valence-electron chi connectivity index (χ2n) is 5.59. The Morgan fingerprint density at radius 1 is 1.19 bits per heavy atom. The van der Waals surface area contributed by atoms with E-state index >= 15 is 0 Å². The Kier molecular flexibility index (Phi) is 4.48. The molecule has 4 nitrogen and oxygen atoms in total. The maximum atomic E-state index is 11.7. The van der Waals surface area contributed by atoms with Crippen molar-refractivity contribution in [2.24, 2.45) is 5.41 Å². The monoisotopic (exact) mass is 288 g/mol. The molecule has 0 heterocycles. The molecule has 21 heavy (non-hydrogen) atoms. The van der Waals surface area contributed by atoms with Gasteiger partial charge in [0.05, 0.1) is 19.1 Å². The lowest BCUT2D eigenvalue weighted by Crippen LogP contribution is -2.32. The molecule has 0 aliphatic heterocycles. The molecule has 0 amide bonds. The molecule has 0 aliphatic rings. The summed E-state index contributed by atoms with van der Waals surface area (Å²) in [5.41, 5.74) is -0.0126. The maximum Gasteiger partial charge on any atom is 0.314 e. The van der Waals surface area contributed by atoms with Gasteiger partial charge in [-0.1, -0.05) is 30.3 Å². The molecule has 1 N–H and O–H groups in total. The SMILES string of the molecule is COC(=O)C(C)(C)COc1ccc2ccccc2c1CO. The Morgan fingerprint density at radius 3 is 2.57 bits per heavy atom. The van der Waals surface area contributed by atoms with Crippen molar-refractivity contribution in [2.75, 3.05) is 13.7 Å². The molecular weight excluding hydrogens is 268 g/mol. The van der Waals surface area contributed by atoms with E-state index in [1.807, 2.05) is 36.4 Å². The van der Waals surface area contributed by atoms with E-state index in [4.69, 9.17) is 9.47 Å². The minimum Gasteiger partial charge on any atom is -0.492 e. The zero-order valence-corrected chi connectivity index (χ0v) is 12.6. The number of fused-ring (bicyclic) bond motifs is 1. The molecule has 0 unspecified atom stereocenters. The molecule has 0 fully saturated rings. The van der Waals surface area contributed by atoms with Gasteiger partial charge < -0.3 is 14.6 Å². The lowest BCUT2D eigenvalue weighted by atomic mass is 9.95. The third-order valence-corrected chi connectivity index (χ3v) is 3.48. The van der Waals surface area contributed by atoms with Gasteiger partial charge in [-0.15, -0.1) is 0 Å². The number of carbonyl (C=O) groups excluding carboxylic acids is 1. The third kappa shape index (κ3) is 3.16. The van der Waals surface area contributed by atoms with E-state index in [1.165, 1.54) is 7.11 Å². The smallest absolute Gasteiger partial charge is 0.314 e. The van der Waals surface area contributed by atoms with Crippen LogP contribution in [0.15, 0.2) is 36.4 Å². The van der Waals surface area contributed by atoms with E-state index in [9.17, 15) is 9.90 Å². The summed E-state index contributed by atoms with van der Waals surface area (Å²) in [7, 11) is 1.36. The second-order valence-corrected chi connectivity index (χ2v) is 5.59. The first-order valence-electron chi connectivity index (χ1n) is 6.82. The lowest BCUT2D eigenvalue weighted by molar-refractivity contribution is -0.152. The summed E-state index contributed by atoms with van der Waals surface area (Å²) in [6, 6.07) is 11.6. The molecule has 0 aromatic heterocycles. The summed E-state index contributed by atoms with van der Waals surface area (Å²) < 4.78 is 10.5. The number of aliphatic hydroxyl groups is 1. The molecule has 2 rings (SSSR count). The number of aliphatic hydroxyl groups excluding tert-OH is 1. The first-order chi connectivity index (χ1) is 9.99. The molecule has 0 saturated heterocycles. The summed E-state index contributed by atoms with van der Waals surface area (Å²) in [5.74, 6) is 0.266. The van der Waals surface area contributed by atoms with Gasteiger partial charge in [0, 0.05) is 5.56 Å². The summed E-state index contributed by atoms with van der Waals surface area (Å²) in [6.07, 6.45) is 0. The highest BCUT2D eigenvalue weighted by molar-refractivity contribution is 5.87. The van der Waals surface area contributed by atoms with Crippen molar-refractivity contribution in [1.29, 1.82) is 0 Å². The Bertz CT molecular complexity index is 646. The van der Waals surface area contributed by atoms with Crippen molar-refractivity contribution in [3.63, 3.8) is 0 Å². The van der Waals surface area contributed by atoms with Crippen LogP contribution >= 0.6 is 0 Å². The molecule has 0 aliphatic carbocycles. The van der Waals surface area contributed by atoms with E-state index < -0.39 is 5.41 Å². The van der Waals surface area contributed by atoms with Crippen LogP contribution < -0.4 is 4.74 Å². The van der Waals surface area contributed by atoms with Gasteiger partial charge in [0.15, 0.2) is 0 Å². The number of hydrogen-bond donors (Lipinski definition) is 1. The van der Waals surface area contributed by atoms with Crippen LogP contribution in [0.5, 0.6) is 5.75 Å². The fourth-order valence-corrected chi connectivity index (χ4v) is 2.21. The average Bonchev–Trinajstić information content (AvgIpc) is 2.51. The fraction of sp³-hybridized carbons (Fsp3) is 0.353. The normalized spacial score (nSPS) is 11.4. The fourth-order valence-electron chi connectivity index (χ4n) is 2.21. The molecule has 4 heteroatoms. The first kappa shape index (κ1) is 15.3. The molecule has 0 radical (unpaired) electrons. The zero-order chi connectivity index (χ0) is 15.5. The summed E-state index contributed by atoms with van der Waals surface area (Å²) in [6.45, 7) is 3.59. The molecule has 2 aromatic rings. The molecule has 0 bridgehead atoms. The van der Waals surface area contributed by atoms with Crippen LogP contribution in [0.25, 0.3) is 10.8 Å². The van der Waals surface area contributed by atoms with Gasteiger partial charge in [-0.25, -0.2) is 0 Å². The van der Waals surface area contributed by atoms with Crippen LogP contribution in [0.4, 0.5) is 0 Å². The standard InChI is InChI=1S/C17H20O4/c1-17(2,16(19)20-3)11-21-15-9-8-12-6-4-5-7-13(12)14(15)10-18/h4-9,18H,10-11H2,1-3H3. The Labute approximate surface area is 124 Å². The van der Waals surface area contributed by atoms with Gasteiger partial charge in [0.2, 0.25) is 0 Å². The zero-order valence-electron chi connectivity index (χ0n) is 12.6. The second kappa shape index (κ2) is 6.14. The van der Waals surface area contributed by atoms with Crippen molar-refractivity contribution in [1.82, 2.24) is 0 Å². The highest BCUT2D eigenvalue weighted by atomic mass is 16.5. The maximum absolute atomic E-state index is 11.7. The third-order valence-electron chi connectivity index (χ3n) is 3.48. The first-order valence-corrected chi connectivity index (χ1v) is 6.82. The van der Waals surface area contributed by atoms with Crippen LogP contribution in [0, 0.1) is 5.41 Å². The number of esters is 1. The van der Waals surface area contributed by atoms with Crippen molar-refractivity contribution < 1.29 is 19.4 Å². The number of ether oxygens (including phenoxy) is 2. The number of benzene rings is 2. The topological polar surface area (TPSA) is 55.8 Å². The van der Waals surface area contributed by atoms with Crippen molar-refractivity contribution in [3.8, 4) is 5.75 Å².